The zero-order valence-electron chi connectivity index (χ0n) is 16.9. The number of hydrogen-bond acceptors (Lipinski definition) is 5. The maximum absolute atomic E-state index is 15.0. The molecule has 0 spiro atoms. The summed E-state index contributed by atoms with van der Waals surface area (Å²) in [7, 11) is 0. The van der Waals surface area contributed by atoms with Gasteiger partial charge in [-0.25, -0.2) is 4.79 Å². The molecule has 2 aliphatic rings. The topological polar surface area (TPSA) is 52.6 Å². The Kier molecular flexibility index (Phi) is 5.29. The smallest absolute Gasteiger partial charge is 0.338 e. The minimum atomic E-state index is -3.18. The molecule has 3 aromatic rings. The second-order valence-electron chi connectivity index (χ2n) is 8.15. The number of alkyl halides is 2. The van der Waals surface area contributed by atoms with Crippen molar-refractivity contribution < 1.29 is 27.8 Å². The molecule has 2 aromatic carbocycles. The molecule has 0 N–H and O–H groups in total. The van der Waals surface area contributed by atoms with Crippen LogP contribution in [0.15, 0.2) is 72.8 Å². The Morgan fingerprint density at radius 3 is 2.66 bits per heavy atom. The van der Waals surface area contributed by atoms with Crippen LogP contribution < -0.4 is 0 Å². The van der Waals surface area contributed by atoms with Crippen LogP contribution >= 0.6 is 11.3 Å². The summed E-state index contributed by atoms with van der Waals surface area (Å²) in [6.45, 7) is 0. The molecule has 1 aromatic heterocycles. The molecule has 0 amide bonds. The fourth-order valence-corrected chi connectivity index (χ4v) is 5.55. The summed E-state index contributed by atoms with van der Waals surface area (Å²) in [5.74, 6) is -4.86. The van der Waals surface area contributed by atoms with Crippen molar-refractivity contribution in [2.45, 2.75) is 31.0 Å². The third kappa shape index (κ3) is 3.93. The first kappa shape index (κ1) is 20.8. The third-order valence-corrected chi connectivity index (χ3v) is 7.30. The Bertz CT molecular complexity index is 1150. The van der Waals surface area contributed by atoms with Crippen LogP contribution in [0.3, 0.4) is 0 Å². The molecule has 1 aliphatic heterocycles. The number of esters is 2. The number of carbonyl (C=O) groups excluding carboxylic acids is 2. The molecule has 2 heterocycles. The average molecular weight is 454 g/mol. The van der Waals surface area contributed by atoms with Gasteiger partial charge in [-0.15, -0.1) is 11.3 Å². The van der Waals surface area contributed by atoms with Crippen LogP contribution in [-0.2, 0) is 20.2 Å². The minimum absolute atomic E-state index is 0.0546. The molecule has 5 rings (SSSR count). The number of thiophene rings is 1. The van der Waals surface area contributed by atoms with Crippen molar-refractivity contribution in [2.75, 3.05) is 0 Å². The molecule has 1 aliphatic carbocycles. The first-order chi connectivity index (χ1) is 15.4. The fraction of sp³-hybridized carbons (Fsp3) is 0.280. The van der Waals surface area contributed by atoms with Gasteiger partial charge in [-0.2, -0.15) is 8.78 Å². The molecule has 0 bridgehead atoms. The summed E-state index contributed by atoms with van der Waals surface area (Å²) in [5.41, 5.74) is 0.389. The van der Waals surface area contributed by atoms with Gasteiger partial charge in [0.25, 0.3) is 0 Å². The first-order valence-electron chi connectivity index (χ1n) is 10.4. The fourth-order valence-electron chi connectivity index (χ4n) is 4.53. The molecule has 4 atom stereocenters. The van der Waals surface area contributed by atoms with Crippen molar-refractivity contribution in [3.8, 4) is 0 Å². The molecule has 4 unspecified atom stereocenters. The Labute approximate surface area is 187 Å². The van der Waals surface area contributed by atoms with Crippen LogP contribution in [-0.4, -0.2) is 24.1 Å². The highest BCUT2D eigenvalue weighted by molar-refractivity contribution is 7.19. The first-order valence-corrected chi connectivity index (χ1v) is 11.2. The van der Waals surface area contributed by atoms with E-state index in [-0.39, 0.29) is 23.2 Å². The van der Waals surface area contributed by atoms with Crippen molar-refractivity contribution >= 4 is 33.4 Å². The molecule has 1 saturated carbocycles. The zero-order valence-corrected chi connectivity index (χ0v) is 17.8. The lowest BCUT2D eigenvalue weighted by atomic mass is 9.91. The summed E-state index contributed by atoms with van der Waals surface area (Å²) in [6, 6.07) is 17.3. The summed E-state index contributed by atoms with van der Waals surface area (Å²) in [6.07, 6.45) is 1.65. The van der Waals surface area contributed by atoms with Gasteiger partial charge in [0.1, 0.15) is 12.2 Å². The molecule has 0 radical (unpaired) electrons. The third-order valence-electron chi connectivity index (χ3n) is 6.10. The number of carbonyl (C=O) groups is 2. The second-order valence-corrected chi connectivity index (χ2v) is 9.23. The van der Waals surface area contributed by atoms with Gasteiger partial charge in [-0.3, -0.25) is 4.79 Å². The van der Waals surface area contributed by atoms with E-state index in [0.29, 0.717) is 12.0 Å². The summed E-state index contributed by atoms with van der Waals surface area (Å²) < 4.78 is 41.9. The van der Waals surface area contributed by atoms with E-state index >= 15 is 8.78 Å². The number of rotatable bonds is 5. The number of ether oxygens (including phenoxy) is 2. The van der Waals surface area contributed by atoms with Gasteiger partial charge in [-0.05, 0) is 35.7 Å². The van der Waals surface area contributed by atoms with Crippen molar-refractivity contribution in [3.63, 3.8) is 0 Å². The normalized spacial score (nSPS) is 25.2. The van der Waals surface area contributed by atoms with E-state index in [1.54, 1.807) is 36.4 Å². The Hall–Kier alpha value is -3.06. The average Bonchev–Trinajstić information content (AvgIpc) is 3.45. The number of fused-ring (bicyclic) bond motifs is 2. The monoisotopic (exact) mass is 454 g/mol. The van der Waals surface area contributed by atoms with E-state index in [1.807, 2.05) is 18.2 Å². The van der Waals surface area contributed by atoms with Crippen LogP contribution in [0.1, 0.15) is 28.1 Å². The summed E-state index contributed by atoms with van der Waals surface area (Å²) in [5, 5.41) is 0.769. The summed E-state index contributed by atoms with van der Waals surface area (Å²) >= 11 is 1.05. The maximum atomic E-state index is 15.0. The standard InChI is InChI=1S/C25H20F2O4S/c26-25(27,22-12-16-8-4-5-9-21(16)32-22)11-10-17-18-13-23(28)30-20(18)14-19(17)31-24(29)15-6-2-1-3-7-15/h1-12,17-20H,13-14H2. The molecule has 2 fully saturated rings. The van der Waals surface area contributed by atoms with Gasteiger partial charge in [0.2, 0.25) is 0 Å². The number of benzene rings is 2. The van der Waals surface area contributed by atoms with E-state index in [9.17, 15) is 9.59 Å². The second kappa shape index (κ2) is 8.13. The lowest BCUT2D eigenvalue weighted by molar-refractivity contribution is -0.141. The molecular formula is C25H20F2O4S. The highest BCUT2D eigenvalue weighted by atomic mass is 32.1. The largest absolute Gasteiger partial charge is 0.462 e. The number of allylic oxidation sites excluding steroid dienone is 1. The molecule has 1 saturated heterocycles. The Balaban J connectivity index is 1.39. The lowest BCUT2D eigenvalue weighted by Crippen LogP contribution is -2.25. The van der Waals surface area contributed by atoms with Crippen molar-refractivity contribution in [1.29, 1.82) is 0 Å². The predicted molar refractivity (Wildman–Crippen MR) is 117 cm³/mol. The van der Waals surface area contributed by atoms with E-state index in [0.717, 1.165) is 27.5 Å². The van der Waals surface area contributed by atoms with Crippen molar-refractivity contribution in [1.82, 2.24) is 0 Å². The molecule has 32 heavy (non-hydrogen) atoms. The van der Waals surface area contributed by atoms with E-state index in [1.165, 1.54) is 12.1 Å². The Morgan fingerprint density at radius 2 is 1.88 bits per heavy atom. The SMILES string of the molecule is O=C1CC2C(CC(OC(=O)c3ccccc3)C2C=CC(F)(F)c2cc3ccccc3s2)O1. The highest BCUT2D eigenvalue weighted by Crippen LogP contribution is 2.45. The zero-order chi connectivity index (χ0) is 22.3. The van der Waals surface area contributed by atoms with Crippen LogP contribution in [0, 0.1) is 11.8 Å². The van der Waals surface area contributed by atoms with Gasteiger partial charge >= 0.3 is 17.9 Å². The van der Waals surface area contributed by atoms with E-state index < -0.39 is 30.0 Å². The molecule has 4 nitrogen and oxygen atoms in total. The maximum Gasteiger partial charge on any atom is 0.338 e. The quantitative estimate of drug-likeness (QED) is 0.365. The Morgan fingerprint density at radius 1 is 1.12 bits per heavy atom. The van der Waals surface area contributed by atoms with Gasteiger partial charge < -0.3 is 9.47 Å². The van der Waals surface area contributed by atoms with Crippen LogP contribution in [0.5, 0.6) is 0 Å². The minimum Gasteiger partial charge on any atom is -0.462 e. The molecular weight excluding hydrogens is 434 g/mol. The number of halogens is 2. The van der Waals surface area contributed by atoms with Crippen LogP contribution in [0.25, 0.3) is 10.1 Å². The van der Waals surface area contributed by atoms with Crippen LogP contribution in [0.2, 0.25) is 0 Å². The van der Waals surface area contributed by atoms with E-state index in [2.05, 4.69) is 0 Å². The molecule has 7 heteroatoms. The number of hydrogen-bond donors (Lipinski definition) is 0. The van der Waals surface area contributed by atoms with Gasteiger partial charge in [0, 0.05) is 23.0 Å². The van der Waals surface area contributed by atoms with E-state index in [4.69, 9.17) is 9.47 Å². The van der Waals surface area contributed by atoms with Crippen LogP contribution in [0.4, 0.5) is 8.78 Å². The highest BCUT2D eigenvalue weighted by Gasteiger charge is 2.51. The summed E-state index contributed by atoms with van der Waals surface area (Å²) in [4.78, 5) is 24.3. The van der Waals surface area contributed by atoms with Crippen molar-refractivity contribution in [2.24, 2.45) is 11.8 Å². The lowest BCUT2D eigenvalue weighted by Gasteiger charge is -2.21. The predicted octanol–water partition coefficient (Wildman–Crippen LogP) is 5.73. The van der Waals surface area contributed by atoms with Gasteiger partial charge in [0.15, 0.2) is 0 Å². The van der Waals surface area contributed by atoms with Crippen molar-refractivity contribution in [3.05, 3.63) is 83.3 Å². The molecule has 164 valence electrons. The van der Waals surface area contributed by atoms with Gasteiger partial charge in [-0.1, -0.05) is 42.5 Å². The van der Waals surface area contributed by atoms with Gasteiger partial charge in [0.05, 0.1) is 16.9 Å².